The zero-order valence-corrected chi connectivity index (χ0v) is 27.8. The van der Waals surface area contributed by atoms with E-state index >= 15 is 0 Å². The SMILES string of the molecule is C#C/C(O)=C(O)\C=C1/Cc2c(O)c(O)c3oc(=O)c4c(c(O)c(O)c5oc(=O)c2c3c54)-c2c(cc(O)c(O)c2O)COCC(OC(O)O)C(C(C)O)OC1=O. The van der Waals surface area contributed by atoms with Gasteiger partial charge in [0.05, 0.1) is 30.1 Å². The minimum atomic E-state index is -2.60. The van der Waals surface area contributed by atoms with Gasteiger partial charge in [-0.25, -0.2) is 14.4 Å². The van der Waals surface area contributed by atoms with Crippen LogP contribution in [0.5, 0.6) is 40.2 Å². The van der Waals surface area contributed by atoms with Gasteiger partial charge < -0.3 is 84.3 Å². The van der Waals surface area contributed by atoms with Crippen molar-refractivity contribution in [1.29, 1.82) is 0 Å². The summed E-state index contributed by atoms with van der Waals surface area (Å²) in [4.78, 5) is 41.4. The predicted molar refractivity (Wildman–Crippen MR) is 182 cm³/mol. The van der Waals surface area contributed by atoms with Crippen LogP contribution in [0.25, 0.3) is 43.8 Å². The zero-order valence-electron chi connectivity index (χ0n) is 27.8. The van der Waals surface area contributed by atoms with E-state index < -0.39 is 168 Å². The van der Waals surface area contributed by atoms with Gasteiger partial charge >= 0.3 is 17.2 Å². The van der Waals surface area contributed by atoms with Crippen molar-refractivity contribution < 1.29 is 89.1 Å². The Kier molecular flexibility index (Phi) is 9.52. The maximum atomic E-state index is 13.8. The molecule has 0 fully saturated rings. The average Bonchev–Trinajstić information content (AvgIpc) is 3.12. The minimum Gasteiger partial charge on any atom is -0.504 e. The highest BCUT2D eigenvalue weighted by atomic mass is 16.7. The van der Waals surface area contributed by atoms with Crippen LogP contribution in [0.1, 0.15) is 18.1 Å². The summed E-state index contributed by atoms with van der Waals surface area (Å²) in [6.07, 6.45) is -0.859. The third-order valence-electron chi connectivity index (χ3n) is 8.78. The van der Waals surface area contributed by atoms with Gasteiger partial charge in [-0.15, -0.1) is 6.42 Å². The standard InChI is InChI=1S/C35H28O20/c1-3-13(37)14(38)5-10-4-12-18-20-21-22(34(48)55-30(20)27(44)23(12)40)19(26(43)28(45)31(21)54-33(18)47)17-11(6-15(39)24(41)25(17)42)7-51-8-16(52-35(49)50)29(9(2)36)53-32(10)46/h1,5-6,9,16,29,35-45,49-50H,4,7-8H2,2H3/b10-5+,14-13-. The first-order valence-electron chi connectivity index (χ1n) is 15.6. The number of aromatic hydroxyl groups is 7. The van der Waals surface area contributed by atoms with E-state index in [2.05, 4.69) is 0 Å². The highest BCUT2D eigenvalue weighted by Gasteiger charge is 2.37. The van der Waals surface area contributed by atoms with E-state index in [1.54, 1.807) is 5.92 Å². The molecule has 20 nitrogen and oxygen atoms in total. The van der Waals surface area contributed by atoms with Crippen molar-refractivity contribution in [1.82, 2.24) is 0 Å². The number of esters is 1. The number of rotatable bonds is 4. The molecule has 20 heteroatoms. The Hall–Kier alpha value is -6.89. The van der Waals surface area contributed by atoms with Crippen molar-refractivity contribution >= 4 is 38.7 Å². The minimum absolute atomic E-state index is 0.376. The number of ether oxygens (including phenoxy) is 3. The first-order chi connectivity index (χ1) is 25.9. The van der Waals surface area contributed by atoms with Gasteiger partial charge in [0, 0.05) is 39.5 Å². The van der Waals surface area contributed by atoms with E-state index in [9.17, 15) is 75.7 Å². The maximum absolute atomic E-state index is 13.8. The molecule has 3 atom stereocenters. The van der Waals surface area contributed by atoms with Gasteiger partial charge in [0.1, 0.15) is 6.10 Å². The molecule has 6 rings (SSSR count). The molecule has 12 N–H and O–H groups in total. The second-order valence-electron chi connectivity index (χ2n) is 12.2. The molecule has 55 heavy (non-hydrogen) atoms. The largest absolute Gasteiger partial charge is 0.504 e. The lowest BCUT2D eigenvalue weighted by molar-refractivity contribution is -0.282. The molecule has 1 aliphatic rings. The number of benzene rings is 3. The molecule has 3 unspecified atom stereocenters. The van der Waals surface area contributed by atoms with Gasteiger partial charge in [0.15, 0.2) is 46.0 Å². The molecule has 0 spiro atoms. The second-order valence-corrected chi connectivity index (χ2v) is 12.2. The molecule has 6 bridgehead atoms. The van der Waals surface area contributed by atoms with Crippen LogP contribution in [0.4, 0.5) is 0 Å². The summed E-state index contributed by atoms with van der Waals surface area (Å²) >= 11 is 0. The fourth-order valence-electron chi connectivity index (χ4n) is 6.37. The monoisotopic (exact) mass is 768 g/mol. The lowest BCUT2D eigenvalue weighted by Gasteiger charge is -2.30. The van der Waals surface area contributed by atoms with Gasteiger partial charge in [-0.05, 0) is 30.6 Å². The van der Waals surface area contributed by atoms with E-state index in [0.717, 1.165) is 13.0 Å². The van der Waals surface area contributed by atoms with Crippen LogP contribution < -0.4 is 11.3 Å². The Labute approximate surface area is 304 Å². The first kappa shape index (κ1) is 37.9. The molecule has 5 aromatic rings. The fraction of sp³-hybridized carbons (Fsp3) is 0.229. The highest BCUT2D eigenvalue weighted by Crippen LogP contribution is 2.55. The number of aliphatic hydroxyl groups excluding tert-OH is 4. The van der Waals surface area contributed by atoms with Crippen LogP contribution in [0.3, 0.4) is 0 Å². The summed E-state index contributed by atoms with van der Waals surface area (Å²) in [7, 11) is 0. The van der Waals surface area contributed by atoms with E-state index in [1.807, 2.05) is 0 Å². The van der Waals surface area contributed by atoms with Crippen molar-refractivity contribution in [3.63, 3.8) is 0 Å². The molecule has 2 aromatic heterocycles. The molecule has 3 heterocycles. The number of hydrogen-bond donors (Lipinski definition) is 12. The highest BCUT2D eigenvalue weighted by molar-refractivity contribution is 6.26. The van der Waals surface area contributed by atoms with Crippen LogP contribution in [0.15, 0.2) is 47.7 Å². The Bertz CT molecular complexity index is 2640. The van der Waals surface area contributed by atoms with Crippen LogP contribution in [-0.4, -0.2) is 98.6 Å². The van der Waals surface area contributed by atoms with Gasteiger partial charge in [0.25, 0.3) is 6.48 Å². The van der Waals surface area contributed by atoms with Gasteiger partial charge in [-0.3, -0.25) is 0 Å². The lowest BCUT2D eigenvalue weighted by atomic mass is 9.89. The zero-order chi connectivity index (χ0) is 40.4. The first-order valence-corrected chi connectivity index (χ1v) is 15.6. The Morgan fingerprint density at radius 1 is 0.836 bits per heavy atom. The third kappa shape index (κ3) is 6.12. The van der Waals surface area contributed by atoms with Crippen molar-refractivity contribution in [2.24, 2.45) is 0 Å². The molecule has 0 aliphatic carbocycles. The summed E-state index contributed by atoms with van der Waals surface area (Å²) < 4.78 is 26.7. The number of terminal acetylenes is 1. The predicted octanol–water partition coefficient (Wildman–Crippen LogP) is 1.00. The van der Waals surface area contributed by atoms with Gasteiger partial charge in [0.2, 0.25) is 23.0 Å². The number of phenols is 7. The van der Waals surface area contributed by atoms with Crippen molar-refractivity contribution in [3.05, 3.63) is 61.2 Å². The van der Waals surface area contributed by atoms with Crippen LogP contribution in [-0.2, 0) is 32.0 Å². The summed E-state index contributed by atoms with van der Waals surface area (Å²) in [5.41, 5.74) is -8.11. The molecule has 0 radical (unpaired) electrons. The molecule has 3 aromatic carbocycles. The van der Waals surface area contributed by atoms with Crippen molar-refractivity contribution in [2.75, 3.05) is 6.61 Å². The molecule has 0 saturated carbocycles. The van der Waals surface area contributed by atoms with Gasteiger partial charge in [-0.1, -0.05) is 0 Å². The normalized spacial score (nSPS) is 18.6. The quantitative estimate of drug-likeness (QED) is 0.0177. The maximum Gasteiger partial charge on any atom is 0.345 e. The van der Waals surface area contributed by atoms with Crippen LogP contribution in [0.2, 0.25) is 0 Å². The summed E-state index contributed by atoms with van der Waals surface area (Å²) in [5.74, 6) is -10.4. The number of hydrogen-bond acceptors (Lipinski definition) is 20. The van der Waals surface area contributed by atoms with E-state index in [1.165, 1.54) is 0 Å². The number of fused-ring (bicyclic) bond motifs is 2. The molecule has 0 amide bonds. The Morgan fingerprint density at radius 3 is 2.02 bits per heavy atom. The van der Waals surface area contributed by atoms with Crippen molar-refractivity contribution in [3.8, 4) is 63.7 Å². The smallest absolute Gasteiger partial charge is 0.345 e. The summed E-state index contributed by atoms with van der Waals surface area (Å²) in [6.45, 7) is -3.18. The third-order valence-corrected chi connectivity index (χ3v) is 8.78. The fourth-order valence-corrected chi connectivity index (χ4v) is 6.37. The van der Waals surface area contributed by atoms with Crippen molar-refractivity contribution in [2.45, 2.75) is 44.7 Å². The van der Waals surface area contributed by atoms with E-state index in [-0.39, 0.29) is 5.56 Å². The Balaban J connectivity index is 1.83. The molecule has 0 saturated heterocycles. The number of carbonyl (C=O) groups excluding carboxylic acids is 1. The summed E-state index contributed by atoms with van der Waals surface area (Å²) in [5, 5.41) is 125. The second kappa shape index (κ2) is 13.8. The number of carbonyl (C=O) groups is 1. The molecule has 288 valence electrons. The average molecular weight is 769 g/mol. The number of cyclic esters (lactones) is 1. The van der Waals surface area contributed by atoms with Crippen LogP contribution in [0, 0.1) is 12.3 Å². The van der Waals surface area contributed by atoms with Gasteiger partial charge in [-0.2, -0.15) is 0 Å². The lowest BCUT2D eigenvalue weighted by Crippen LogP contribution is -2.46. The molecular weight excluding hydrogens is 740 g/mol. The number of allylic oxidation sites excluding steroid dienone is 2. The molecular formula is C35H28O20. The number of aliphatic hydroxyl groups is 5. The molecule has 1 aliphatic heterocycles. The van der Waals surface area contributed by atoms with E-state index in [0.29, 0.717) is 6.08 Å². The summed E-state index contributed by atoms with van der Waals surface area (Å²) in [6, 6.07) is 0.794. The Morgan fingerprint density at radius 2 is 1.42 bits per heavy atom. The van der Waals surface area contributed by atoms with E-state index in [4.69, 9.17) is 29.5 Å². The van der Waals surface area contributed by atoms with Crippen LogP contribution >= 0.6 is 0 Å². The number of phenolic OH excluding ortho intramolecular Hbond substituents is 7. The topological polar surface area (TPSA) is 348 Å².